The van der Waals surface area contributed by atoms with E-state index in [4.69, 9.17) is 16.3 Å². The van der Waals surface area contributed by atoms with E-state index < -0.39 is 6.04 Å². The van der Waals surface area contributed by atoms with E-state index in [0.717, 1.165) is 5.56 Å². The number of carbonyl (C=O) groups is 2. The second-order valence-corrected chi connectivity index (χ2v) is 6.79. The molecule has 0 aromatic heterocycles. The molecular formula is C20H21ClN2O3. The minimum Gasteiger partial charge on any atom is -0.495 e. The van der Waals surface area contributed by atoms with Gasteiger partial charge in [0, 0.05) is 23.7 Å². The largest absolute Gasteiger partial charge is 0.495 e. The molecule has 0 N–H and O–H groups in total. The molecule has 0 spiro atoms. The summed E-state index contributed by atoms with van der Waals surface area (Å²) >= 11 is 6.09. The van der Waals surface area contributed by atoms with Crippen LogP contribution in [0.15, 0.2) is 42.5 Å². The van der Waals surface area contributed by atoms with Crippen LogP contribution in [0.1, 0.15) is 22.8 Å². The number of rotatable bonds is 3. The molecule has 0 aliphatic carbocycles. The SMILES string of the molecule is COc1ccc(Cl)cc1N1CCN(C(=O)c2cccc(C)c2)[C@@H](C)C1=O. The van der Waals surface area contributed by atoms with Crippen molar-refractivity contribution in [1.29, 1.82) is 0 Å². The number of carbonyl (C=O) groups excluding carboxylic acids is 2. The Bertz CT molecular complexity index is 853. The van der Waals surface area contributed by atoms with E-state index in [-0.39, 0.29) is 11.8 Å². The van der Waals surface area contributed by atoms with Crippen molar-refractivity contribution in [2.45, 2.75) is 19.9 Å². The minimum atomic E-state index is -0.569. The first-order valence-electron chi connectivity index (χ1n) is 8.45. The van der Waals surface area contributed by atoms with E-state index in [0.29, 0.717) is 35.1 Å². The number of hydrogen-bond donors (Lipinski definition) is 0. The molecule has 6 heteroatoms. The number of hydrogen-bond acceptors (Lipinski definition) is 3. The Morgan fingerprint density at radius 3 is 2.65 bits per heavy atom. The molecule has 3 rings (SSSR count). The molecule has 2 amide bonds. The Balaban J connectivity index is 1.85. The van der Waals surface area contributed by atoms with Gasteiger partial charge in [0.1, 0.15) is 11.8 Å². The van der Waals surface area contributed by atoms with Crippen molar-refractivity contribution in [3.63, 3.8) is 0 Å². The zero-order chi connectivity index (χ0) is 18.8. The summed E-state index contributed by atoms with van der Waals surface area (Å²) in [6.45, 7) is 4.51. The third kappa shape index (κ3) is 3.40. The Morgan fingerprint density at radius 1 is 1.19 bits per heavy atom. The van der Waals surface area contributed by atoms with Crippen LogP contribution >= 0.6 is 11.6 Å². The zero-order valence-corrected chi connectivity index (χ0v) is 15.8. The zero-order valence-electron chi connectivity index (χ0n) is 15.0. The number of nitrogens with zero attached hydrogens (tertiary/aromatic N) is 2. The van der Waals surface area contributed by atoms with Gasteiger partial charge in [0.05, 0.1) is 12.8 Å². The summed E-state index contributed by atoms with van der Waals surface area (Å²) in [5, 5.41) is 0.527. The lowest BCUT2D eigenvalue weighted by molar-refractivity contribution is -0.124. The van der Waals surface area contributed by atoms with Crippen LogP contribution in [-0.2, 0) is 4.79 Å². The Labute approximate surface area is 158 Å². The fourth-order valence-electron chi connectivity index (χ4n) is 3.21. The van der Waals surface area contributed by atoms with Crippen molar-refractivity contribution in [2.24, 2.45) is 0 Å². The molecule has 5 nitrogen and oxygen atoms in total. The third-order valence-electron chi connectivity index (χ3n) is 4.61. The number of ether oxygens (including phenoxy) is 1. The molecule has 1 saturated heterocycles. The summed E-state index contributed by atoms with van der Waals surface area (Å²) in [4.78, 5) is 29.0. The predicted octanol–water partition coefficient (Wildman–Crippen LogP) is 3.53. The van der Waals surface area contributed by atoms with Crippen molar-refractivity contribution in [3.8, 4) is 5.75 Å². The Morgan fingerprint density at radius 2 is 1.96 bits per heavy atom. The molecule has 1 atom stereocenters. The van der Waals surface area contributed by atoms with E-state index in [1.54, 1.807) is 48.1 Å². The van der Waals surface area contributed by atoms with E-state index >= 15 is 0 Å². The number of methoxy groups -OCH3 is 1. The number of piperazine rings is 1. The van der Waals surface area contributed by atoms with Crippen molar-refractivity contribution >= 4 is 29.1 Å². The fourth-order valence-corrected chi connectivity index (χ4v) is 3.37. The van der Waals surface area contributed by atoms with Crippen molar-refractivity contribution < 1.29 is 14.3 Å². The van der Waals surface area contributed by atoms with Crippen LogP contribution in [0.4, 0.5) is 5.69 Å². The maximum atomic E-state index is 13.0. The van der Waals surface area contributed by atoms with Crippen LogP contribution < -0.4 is 9.64 Å². The van der Waals surface area contributed by atoms with Gasteiger partial charge in [-0.1, -0.05) is 29.3 Å². The van der Waals surface area contributed by atoms with E-state index in [2.05, 4.69) is 0 Å². The molecule has 2 aromatic carbocycles. The van der Waals surface area contributed by atoms with Gasteiger partial charge in [0.2, 0.25) is 5.91 Å². The lowest BCUT2D eigenvalue weighted by Gasteiger charge is -2.39. The van der Waals surface area contributed by atoms with Gasteiger partial charge in [0.25, 0.3) is 5.91 Å². The molecule has 1 heterocycles. The Hall–Kier alpha value is -2.53. The molecular weight excluding hydrogens is 352 g/mol. The first-order valence-corrected chi connectivity index (χ1v) is 8.82. The number of anilines is 1. The second-order valence-electron chi connectivity index (χ2n) is 6.35. The van der Waals surface area contributed by atoms with E-state index in [1.807, 2.05) is 25.1 Å². The van der Waals surface area contributed by atoms with Crippen LogP contribution in [0.5, 0.6) is 5.75 Å². The van der Waals surface area contributed by atoms with Crippen molar-refractivity contribution in [1.82, 2.24) is 4.90 Å². The monoisotopic (exact) mass is 372 g/mol. The van der Waals surface area contributed by atoms with Gasteiger partial charge in [-0.2, -0.15) is 0 Å². The van der Waals surface area contributed by atoms with Gasteiger partial charge in [0.15, 0.2) is 0 Å². The summed E-state index contributed by atoms with van der Waals surface area (Å²) in [5.74, 6) is 0.290. The van der Waals surface area contributed by atoms with Crippen molar-refractivity contribution in [2.75, 3.05) is 25.1 Å². The summed E-state index contributed by atoms with van der Waals surface area (Å²) in [6, 6.07) is 12.0. The van der Waals surface area contributed by atoms with Crippen LogP contribution in [0.2, 0.25) is 5.02 Å². The van der Waals surface area contributed by atoms with Gasteiger partial charge in [-0.3, -0.25) is 9.59 Å². The maximum Gasteiger partial charge on any atom is 0.254 e. The lowest BCUT2D eigenvalue weighted by atomic mass is 10.1. The molecule has 1 aliphatic rings. The highest BCUT2D eigenvalue weighted by atomic mass is 35.5. The fraction of sp³-hybridized carbons (Fsp3) is 0.300. The van der Waals surface area contributed by atoms with Crippen LogP contribution in [0.3, 0.4) is 0 Å². The molecule has 1 aliphatic heterocycles. The van der Waals surface area contributed by atoms with E-state index in [1.165, 1.54) is 0 Å². The standard InChI is InChI=1S/C20H21ClN2O3/c1-13-5-4-6-15(11-13)20(25)22-9-10-23(19(24)14(22)2)17-12-16(21)7-8-18(17)26-3/h4-8,11-12,14H,9-10H2,1-3H3/t14-/m0/s1. The molecule has 0 bridgehead atoms. The van der Waals surface area contributed by atoms with Gasteiger partial charge in [-0.25, -0.2) is 0 Å². The van der Waals surface area contributed by atoms with Crippen molar-refractivity contribution in [3.05, 3.63) is 58.6 Å². The molecule has 1 fully saturated rings. The summed E-state index contributed by atoms with van der Waals surface area (Å²) in [5.41, 5.74) is 2.23. The highest BCUT2D eigenvalue weighted by molar-refractivity contribution is 6.31. The number of benzene rings is 2. The normalized spacial score (nSPS) is 17.4. The average Bonchev–Trinajstić information content (AvgIpc) is 2.63. The van der Waals surface area contributed by atoms with Gasteiger partial charge < -0.3 is 14.5 Å². The quantitative estimate of drug-likeness (QED) is 0.828. The van der Waals surface area contributed by atoms with Gasteiger partial charge in [-0.05, 0) is 44.2 Å². The van der Waals surface area contributed by atoms with Crippen LogP contribution in [0, 0.1) is 6.92 Å². The number of halogens is 1. The van der Waals surface area contributed by atoms with Crippen LogP contribution in [0.25, 0.3) is 0 Å². The molecule has 0 saturated carbocycles. The highest BCUT2D eigenvalue weighted by Crippen LogP contribution is 2.33. The number of aryl methyl sites for hydroxylation is 1. The molecule has 0 radical (unpaired) electrons. The maximum absolute atomic E-state index is 13.0. The number of amides is 2. The van der Waals surface area contributed by atoms with Crippen LogP contribution in [-0.4, -0.2) is 43.0 Å². The van der Waals surface area contributed by atoms with Gasteiger partial charge >= 0.3 is 0 Å². The third-order valence-corrected chi connectivity index (χ3v) is 4.85. The molecule has 2 aromatic rings. The summed E-state index contributed by atoms with van der Waals surface area (Å²) in [7, 11) is 1.55. The Kier molecular flexibility index (Phi) is 5.18. The van der Waals surface area contributed by atoms with Gasteiger partial charge in [-0.15, -0.1) is 0 Å². The first-order chi connectivity index (χ1) is 12.4. The summed E-state index contributed by atoms with van der Waals surface area (Å²) < 4.78 is 5.36. The highest BCUT2D eigenvalue weighted by Gasteiger charge is 2.36. The average molecular weight is 373 g/mol. The molecule has 136 valence electrons. The predicted molar refractivity (Wildman–Crippen MR) is 102 cm³/mol. The van der Waals surface area contributed by atoms with E-state index in [9.17, 15) is 9.59 Å². The topological polar surface area (TPSA) is 49.9 Å². The minimum absolute atomic E-state index is 0.132. The molecule has 26 heavy (non-hydrogen) atoms. The smallest absolute Gasteiger partial charge is 0.254 e. The lowest BCUT2D eigenvalue weighted by Crippen LogP contribution is -2.57. The first kappa shape index (κ1) is 18.3. The summed E-state index contributed by atoms with van der Waals surface area (Å²) in [6.07, 6.45) is 0. The molecule has 0 unspecified atom stereocenters. The second kappa shape index (κ2) is 7.38.